The number of H-pyrrole nitrogens is 1. The van der Waals surface area contributed by atoms with Crippen LogP contribution in [0.15, 0.2) is 23.0 Å². The first-order chi connectivity index (χ1) is 8.69. The molecule has 0 unspecified atom stereocenters. The van der Waals surface area contributed by atoms with Gasteiger partial charge in [0.15, 0.2) is 0 Å². The summed E-state index contributed by atoms with van der Waals surface area (Å²) in [6, 6.07) is 4.08. The van der Waals surface area contributed by atoms with Crippen LogP contribution < -0.4 is 10.9 Å². The Balaban J connectivity index is 2.39. The third-order valence-corrected chi connectivity index (χ3v) is 1.65. The van der Waals surface area contributed by atoms with E-state index < -0.39 is 18.9 Å². The molecule has 0 aliphatic heterocycles. The Labute approximate surface area is 87.2 Å². The molecule has 2 rings (SSSR count). The molecule has 0 aliphatic rings. The highest BCUT2D eigenvalue weighted by Gasteiger charge is 1.98. The lowest BCUT2D eigenvalue weighted by Gasteiger charge is -2.02. The van der Waals surface area contributed by atoms with E-state index >= 15 is 0 Å². The van der Waals surface area contributed by atoms with Crippen LogP contribution in [0.2, 0.25) is 0 Å². The molecular formula is C9H10N4O. The molecule has 0 radical (unpaired) electrons. The second kappa shape index (κ2) is 3.45. The minimum absolute atomic E-state index is 0.0148. The number of aromatic amines is 1. The van der Waals surface area contributed by atoms with Crippen molar-refractivity contribution in [1.82, 2.24) is 15.2 Å². The van der Waals surface area contributed by atoms with Gasteiger partial charge in [-0.05, 0) is 19.0 Å². The zero-order chi connectivity index (χ0) is 14.3. The molecule has 0 saturated carbocycles. The van der Waals surface area contributed by atoms with Crippen molar-refractivity contribution in [2.45, 2.75) is 6.85 Å². The molecule has 0 spiro atoms. The predicted molar refractivity (Wildman–Crippen MR) is 54.3 cm³/mol. The zero-order valence-corrected chi connectivity index (χ0v) is 7.03. The summed E-state index contributed by atoms with van der Waals surface area (Å²) in [4.78, 5) is 15.0. The van der Waals surface area contributed by atoms with E-state index in [0.29, 0.717) is 5.52 Å². The van der Waals surface area contributed by atoms with Gasteiger partial charge in [-0.15, -0.1) is 0 Å². The van der Waals surface area contributed by atoms with Gasteiger partial charge in [-0.1, -0.05) is 0 Å². The summed E-state index contributed by atoms with van der Waals surface area (Å²) in [5.74, 6) is 0.0148. The lowest BCUT2D eigenvalue weighted by Crippen LogP contribution is -2.07. The normalized spacial score (nSPS) is 17.6. The smallest absolute Gasteiger partial charge is 0.266 e. The largest absolute Gasteiger partial charge is 0.370 e. The summed E-state index contributed by atoms with van der Waals surface area (Å²) in [7, 11) is 0. The summed E-state index contributed by atoms with van der Waals surface area (Å²) in [5.41, 5.74) is 0.214. The van der Waals surface area contributed by atoms with Crippen molar-refractivity contribution in [3.05, 3.63) is 28.6 Å². The van der Waals surface area contributed by atoms with Crippen LogP contribution in [0.1, 0.15) is 13.7 Å². The van der Waals surface area contributed by atoms with Gasteiger partial charge in [-0.2, -0.15) is 5.10 Å². The van der Waals surface area contributed by atoms with E-state index in [1.807, 2.05) is 0 Å². The van der Waals surface area contributed by atoms with Crippen LogP contribution in [0.25, 0.3) is 11.0 Å². The second-order valence-corrected chi connectivity index (χ2v) is 2.58. The Morgan fingerprint density at radius 2 is 2.57 bits per heavy atom. The molecule has 0 bridgehead atoms. The van der Waals surface area contributed by atoms with Crippen LogP contribution in [-0.4, -0.2) is 21.7 Å². The minimum atomic E-state index is -2.84. The summed E-state index contributed by atoms with van der Waals surface area (Å²) < 4.78 is 36.1. The first kappa shape index (κ1) is 4.54. The molecule has 72 valence electrons. The molecule has 0 fully saturated rings. The third-order valence-electron chi connectivity index (χ3n) is 1.65. The van der Waals surface area contributed by atoms with Gasteiger partial charge in [0.25, 0.3) is 5.56 Å². The number of rotatable bonds is 2. The van der Waals surface area contributed by atoms with Crippen LogP contribution in [0.4, 0.5) is 5.82 Å². The lowest BCUT2D eigenvalue weighted by molar-refractivity contribution is 1.02. The molecule has 2 N–H and O–H groups in total. The molecule has 2 aromatic heterocycles. The topological polar surface area (TPSA) is 70.7 Å². The Hall–Kier alpha value is -1.91. The molecule has 2 heterocycles. The van der Waals surface area contributed by atoms with Gasteiger partial charge in [0.05, 0.1) is 5.52 Å². The quantitative estimate of drug-likeness (QED) is 0.741. The maximum Gasteiger partial charge on any atom is 0.266 e. The first-order valence-corrected chi connectivity index (χ1v) is 3.84. The summed E-state index contributed by atoms with van der Waals surface area (Å²) in [6.07, 6.45) is 0. The SMILES string of the molecule is [2H]C([2H])([2H])C([2H])([2H])Nc1ccc2n[nH]c(=O)cc2n1. The lowest BCUT2D eigenvalue weighted by atomic mass is 10.3. The van der Waals surface area contributed by atoms with E-state index in [0.717, 1.165) is 0 Å². The van der Waals surface area contributed by atoms with Gasteiger partial charge in [0.1, 0.15) is 11.3 Å². The van der Waals surface area contributed by atoms with E-state index in [1.165, 1.54) is 18.2 Å². The molecule has 0 saturated heterocycles. The number of hydrogen-bond acceptors (Lipinski definition) is 4. The van der Waals surface area contributed by atoms with E-state index in [1.54, 1.807) is 0 Å². The maximum absolute atomic E-state index is 11.1. The molecule has 14 heavy (non-hydrogen) atoms. The Bertz CT molecular complexity index is 665. The monoisotopic (exact) mass is 195 g/mol. The van der Waals surface area contributed by atoms with Gasteiger partial charge in [-0.3, -0.25) is 4.79 Å². The standard InChI is InChI=1S/C9H10N4O/c1-2-10-8-4-3-6-7(11-8)5-9(14)13-12-6/h3-5H,2H2,1H3,(H,10,11)(H,13,14)/i1D3,2D2. The number of nitrogens with zero attached hydrogens (tertiary/aromatic N) is 2. The van der Waals surface area contributed by atoms with Gasteiger partial charge >= 0.3 is 0 Å². The average molecular weight is 195 g/mol. The fourth-order valence-electron chi connectivity index (χ4n) is 1.07. The van der Waals surface area contributed by atoms with Crippen molar-refractivity contribution < 1.29 is 6.85 Å². The molecular weight excluding hydrogens is 180 g/mol. The van der Waals surface area contributed by atoms with Crippen LogP contribution in [0.5, 0.6) is 0 Å². The Morgan fingerprint density at radius 1 is 1.64 bits per heavy atom. The van der Waals surface area contributed by atoms with Crippen molar-refractivity contribution in [2.75, 3.05) is 11.8 Å². The number of hydrogen-bond donors (Lipinski definition) is 2. The van der Waals surface area contributed by atoms with E-state index in [-0.39, 0.29) is 11.3 Å². The summed E-state index contributed by atoms with van der Waals surface area (Å²) >= 11 is 0. The number of pyridine rings is 1. The second-order valence-electron chi connectivity index (χ2n) is 2.58. The van der Waals surface area contributed by atoms with Crippen molar-refractivity contribution in [3.8, 4) is 0 Å². The van der Waals surface area contributed by atoms with Gasteiger partial charge < -0.3 is 5.32 Å². The van der Waals surface area contributed by atoms with E-state index in [9.17, 15) is 4.79 Å². The summed E-state index contributed by atoms with van der Waals surface area (Å²) in [6.45, 7) is -5.46. The van der Waals surface area contributed by atoms with Crippen LogP contribution in [0.3, 0.4) is 0 Å². The predicted octanol–water partition coefficient (Wildman–Crippen LogP) is 0.750. The highest BCUT2D eigenvalue weighted by atomic mass is 16.1. The molecule has 2 aromatic rings. The van der Waals surface area contributed by atoms with Crippen molar-refractivity contribution in [3.63, 3.8) is 0 Å². The molecule has 0 aromatic carbocycles. The highest BCUT2D eigenvalue weighted by molar-refractivity contribution is 5.74. The highest BCUT2D eigenvalue weighted by Crippen LogP contribution is 2.09. The van der Waals surface area contributed by atoms with Crippen LogP contribution in [0, 0.1) is 0 Å². The van der Waals surface area contributed by atoms with Crippen LogP contribution in [-0.2, 0) is 0 Å². The molecule has 5 heteroatoms. The number of anilines is 1. The van der Waals surface area contributed by atoms with E-state index in [2.05, 4.69) is 20.5 Å². The molecule has 0 atom stereocenters. The van der Waals surface area contributed by atoms with Gasteiger partial charge in [0.2, 0.25) is 0 Å². The Kier molecular flexibility index (Phi) is 1.12. The fourth-order valence-corrected chi connectivity index (χ4v) is 1.07. The van der Waals surface area contributed by atoms with Crippen molar-refractivity contribution >= 4 is 16.9 Å². The molecule has 0 amide bonds. The molecule has 5 nitrogen and oxygen atoms in total. The van der Waals surface area contributed by atoms with Crippen LogP contribution >= 0.6 is 0 Å². The Morgan fingerprint density at radius 3 is 3.43 bits per heavy atom. The third kappa shape index (κ3) is 1.56. The average Bonchev–Trinajstić information content (AvgIpc) is 2.26. The van der Waals surface area contributed by atoms with Crippen molar-refractivity contribution in [1.29, 1.82) is 0 Å². The number of fused-ring (bicyclic) bond motifs is 1. The van der Waals surface area contributed by atoms with Crippen molar-refractivity contribution in [2.24, 2.45) is 0 Å². The molecule has 0 aliphatic carbocycles. The van der Waals surface area contributed by atoms with Gasteiger partial charge in [0, 0.05) is 19.4 Å². The number of aromatic nitrogens is 3. The summed E-state index contributed by atoms with van der Waals surface area (Å²) in [5, 5.41) is 8.16. The van der Waals surface area contributed by atoms with Gasteiger partial charge in [-0.25, -0.2) is 10.1 Å². The fraction of sp³-hybridized carbons (Fsp3) is 0.222. The number of nitrogens with one attached hydrogen (secondary N) is 2. The maximum atomic E-state index is 11.1. The zero-order valence-electron chi connectivity index (χ0n) is 12.0. The minimum Gasteiger partial charge on any atom is -0.370 e. The van der Waals surface area contributed by atoms with E-state index in [4.69, 9.17) is 6.85 Å². The first-order valence-electron chi connectivity index (χ1n) is 6.34.